The number of nitrogens with zero attached hydrogens (tertiary/aromatic N) is 4. The van der Waals surface area contributed by atoms with Crippen LogP contribution in [0.1, 0.15) is 36.3 Å². The van der Waals surface area contributed by atoms with Crippen LogP contribution in [0.15, 0.2) is 30.3 Å². The maximum Gasteiger partial charge on any atom is 0.453 e. The number of anilines is 1. The highest BCUT2D eigenvalue weighted by atomic mass is 19.4. The fourth-order valence-electron chi connectivity index (χ4n) is 2.75. The monoisotopic (exact) mass is 379 g/mol. The van der Waals surface area contributed by atoms with Crippen molar-refractivity contribution in [2.45, 2.75) is 32.4 Å². The molecule has 1 N–H and O–H groups in total. The second-order valence-corrected chi connectivity index (χ2v) is 6.32. The minimum Gasteiger partial charge on any atom is -0.497 e. The molecule has 0 bridgehead atoms. The predicted molar refractivity (Wildman–Crippen MR) is 95.0 cm³/mol. The topological polar surface area (TPSA) is 64.3 Å². The van der Waals surface area contributed by atoms with Crippen molar-refractivity contribution in [3.63, 3.8) is 0 Å². The summed E-state index contributed by atoms with van der Waals surface area (Å²) in [5, 5.41) is 6.69. The van der Waals surface area contributed by atoms with E-state index in [9.17, 15) is 13.2 Å². The first-order chi connectivity index (χ1) is 12.8. The Hall–Kier alpha value is -2.84. The normalized spacial score (nSPS) is 13.0. The molecule has 0 radical (unpaired) electrons. The van der Waals surface area contributed by atoms with Crippen LogP contribution >= 0.6 is 0 Å². The summed E-state index contributed by atoms with van der Waals surface area (Å²) in [6, 6.07) is 9.47. The van der Waals surface area contributed by atoms with Crippen molar-refractivity contribution in [2.75, 3.05) is 19.0 Å². The summed E-state index contributed by atoms with van der Waals surface area (Å²) in [5.41, 5.74) is 1.73. The number of aromatic nitrogens is 4. The van der Waals surface area contributed by atoms with E-state index in [1.165, 1.54) is 0 Å². The van der Waals surface area contributed by atoms with E-state index in [1.807, 2.05) is 24.3 Å². The highest BCUT2D eigenvalue weighted by Gasteiger charge is 2.36. The maximum atomic E-state index is 12.9. The van der Waals surface area contributed by atoms with Gasteiger partial charge in [0.1, 0.15) is 11.6 Å². The van der Waals surface area contributed by atoms with Crippen LogP contribution in [0.25, 0.3) is 5.78 Å². The van der Waals surface area contributed by atoms with Crippen molar-refractivity contribution in [3.8, 4) is 5.75 Å². The van der Waals surface area contributed by atoms with Gasteiger partial charge in [-0.05, 0) is 37.0 Å². The van der Waals surface area contributed by atoms with Crippen molar-refractivity contribution in [1.82, 2.24) is 19.6 Å². The largest absolute Gasteiger partial charge is 0.497 e. The Labute approximate surface area is 154 Å². The Kier molecular flexibility index (Phi) is 5.20. The van der Waals surface area contributed by atoms with Gasteiger partial charge in [0, 0.05) is 18.3 Å². The summed E-state index contributed by atoms with van der Waals surface area (Å²) >= 11 is 0. The van der Waals surface area contributed by atoms with Crippen LogP contribution in [0.2, 0.25) is 0 Å². The minimum absolute atomic E-state index is 0.0759. The van der Waals surface area contributed by atoms with Gasteiger partial charge in [0.05, 0.1) is 7.11 Å². The first-order valence-corrected chi connectivity index (χ1v) is 8.47. The number of hydrogen-bond acceptors (Lipinski definition) is 5. The number of benzene rings is 1. The fourth-order valence-corrected chi connectivity index (χ4v) is 2.75. The van der Waals surface area contributed by atoms with Gasteiger partial charge in [-0.2, -0.15) is 22.7 Å². The lowest BCUT2D eigenvalue weighted by molar-refractivity contribution is -0.144. The summed E-state index contributed by atoms with van der Waals surface area (Å²) in [7, 11) is 1.62. The zero-order chi connectivity index (χ0) is 19.6. The Morgan fingerprint density at radius 2 is 1.89 bits per heavy atom. The number of ether oxygens (including phenoxy) is 1. The van der Waals surface area contributed by atoms with Crippen molar-refractivity contribution in [1.29, 1.82) is 0 Å². The second-order valence-electron chi connectivity index (χ2n) is 6.32. The number of fused-ring (bicyclic) bond motifs is 1. The molecule has 0 aliphatic heterocycles. The Balaban J connectivity index is 1.71. The van der Waals surface area contributed by atoms with Gasteiger partial charge in [0.2, 0.25) is 0 Å². The third-order valence-corrected chi connectivity index (χ3v) is 4.26. The number of alkyl halides is 3. The van der Waals surface area contributed by atoms with Crippen molar-refractivity contribution < 1.29 is 17.9 Å². The first-order valence-electron chi connectivity index (χ1n) is 8.47. The fraction of sp³-hybridized carbons (Fsp3) is 0.389. The summed E-state index contributed by atoms with van der Waals surface area (Å²) in [6.45, 7) is 4.36. The van der Waals surface area contributed by atoms with Gasteiger partial charge < -0.3 is 10.1 Å². The van der Waals surface area contributed by atoms with E-state index >= 15 is 0 Å². The van der Waals surface area contributed by atoms with E-state index in [0.29, 0.717) is 18.1 Å². The SMILES string of the molecule is COc1ccc(C(C)CCNc2cc(C)nc3nc(C(F)(F)F)nn23)cc1. The molecular weight excluding hydrogens is 359 g/mol. The number of nitrogens with one attached hydrogen (secondary N) is 1. The lowest BCUT2D eigenvalue weighted by Gasteiger charge is -2.14. The van der Waals surface area contributed by atoms with E-state index in [-0.39, 0.29) is 11.7 Å². The molecule has 27 heavy (non-hydrogen) atoms. The summed E-state index contributed by atoms with van der Waals surface area (Å²) in [4.78, 5) is 7.49. The summed E-state index contributed by atoms with van der Waals surface area (Å²) in [5.74, 6) is 0.222. The Bertz CT molecular complexity index is 921. The molecule has 2 heterocycles. The molecule has 3 rings (SSSR count). The zero-order valence-corrected chi connectivity index (χ0v) is 15.2. The standard InChI is InChI=1S/C18H20F3N5O/c1-11(13-4-6-14(27-3)7-5-13)8-9-22-15-10-12(2)23-17-24-16(18(19,20)21)25-26(15)17/h4-7,10-11,22H,8-9H2,1-3H3. The lowest BCUT2D eigenvalue weighted by atomic mass is 9.98. The van der Waals surface area contributed by atoms with Crippen molar-refractivity contribution in [3.05, 3.63) is 47.4 Å². The van der Waals surface area contributed by atoms with Gasteiger partial charge in [-0.25, -0.2) is 4.98 Å². The molecule has 0 amide bonds. The molecule has 1 unspecified atom stereocenters. The van der Waals surface area contributed by atoms with Crippen LogP contribution in [-0.2, 0) is 6.18 Å². The van der Waals surface area contributed by atoms with Crippen molar-refractivity contribution in [2.24, 2.45) is 0 Å². The average Bonchev–Trinajstić information content (AvgIpc) is 3.06. The third kappa shape index (κ3) is 4.29. The predicted octanol–water partition coefficient (Wildman–Crippen LogP) is 4.07. The molecule has 144 valence electrons. The van der Waals surface area contributed by atoms with Gasteiger partial charge in [-0.1, -0.05) is 19.1 Å². The number of halogens is 3. The van der Waals surface area contributed by atoms with Gasteiger partial charge in [0.15, 0.2) is 0 Å². The highest BCUT2D eigenvalue weighted by Crippen LogP contribution is 2.27. The summed E-state index contributed by atoms with van der Waals surface area (Å²) in [6.07, 6.45) is -3.82. The van der Waals surface area contributed by atoms with E-state index < -0.39 is 12.0 Å². The van der Waals surface area contributed by atoms with E-state index in [4.69, 9.17) is 4.74 Å². The quantitative estimate of drug-likeness (QED) is 0.700. The second kappa shape index (κ2) is 7.42. The van der Waals surface area contributed by atoms with Crippen LogP contribution in [-0.4, -0.2) is 33.2 Å². The molecule has 6 nitrogen and oxygen atoms in total. The Morgan fingerprint density at radius 1 is 1.19 bits per heavy atom. The van der Waals surface area contributed by atoms with E-state index in [0.717, 1.165) is 22.2 Å². The van der Waals surface area contributed by atoms with Crippen LogP contribution < -0.4 is 10.1 Å². The lowest BCUT2D eigenvalue weighted by Crippen LogP contribution is -2.11. The minimum atomic E-state index is -4.61. The smallest absolute Gasteiger partial charge is 0.453 e. The van der Waals surface area contributed by atoms with Gasteiger partial charge in [-0.15, -0.1) is 5.10 Å². The number of aryl methyl sites for hydroxylation is 1. The third-order valence-electron chi connectivity index (χ3n) is 4.26. The molecule has 0 aliphatic rings. The molecule has 1 aromatic carbocycles. The number of hydrogen-bond donors (Lipinski definition) is 1. The van der Waals surface area contributed by atoms with Gasteiger partial charge in [0.25, 0.3) is 11.6 Å². The molecule has 9 heteroatoms. The highest BCUT2D eigenvalue weighted by molar-refractivity contribution is 5.45. The van der Waals surface area contributed by atoms with Crippen LogP contribution in [0.5, 0.6) is 5.75 Å². The van der Waals surface area contributed by atoms with Crippen LogP contribution in [0.4, 0.5) is 19.0 Å². The zero-order valence-electron chi connectivity index (χ0n) is 15.2. The number of rotatable bonds is 6. The van der Waals surface area contributed by atoms with E-state index in [1.54, 1.807) is 20.1 Å². The Morgan fingerprint density at radius 3 is 2.52 bits per heavy atom. The maximum absolute atomic E-state index is 12.9. The van der Waals surface area contributed by atoms with Crippen LogP contribution in [0, 0.1) is 6.92 Å². The molecule has 0 aliphatic carbocycles. The number of methoxy groups -OCH3 is 1. The molecule has 0 saturated heterocycles. The molecule has 0 spiro atoms. The van der Waals surface area contributed by atoms with Crippen molar-refractivity contribution >= 4 is 11.6 Å². The molecule has 0 saturated carbocycles. The molecule has 1 atom stereocenters. The average molecular weight is 379 g/mol. The molecule has 0 fully saturated rings. The molecular formula is C18H20F3N5O. The van der Waals surface area contributed by atoms with E-state index in [2.05, 4.69) is 27.3 Å². The van der Waals surface area contributed by atoms with Gasteiger partial charge in [-0.3, -0.25) is 0 Å². The molecule has 2 aromatic heterocycles. The first kappa shape index (κ1) is 18.9. The molecule has 3 aromatic rings. The van der Waals surface area contributed by atoms with Crippen LogP contribution in [0.3, 0.4) is 0 Å². The summed E-state index contributed by atoms with van der Waals surface area (Å²) < 4.78 is 44.8. The van der Waals surface area contributed by atoms with Gasteiger partial charge >= 0.3 is 6.18 Å².